The van der Waals surface area contributed by atoms with Crippen molar-refractivity contribution in [2.24, 2.45) is 0 Å². The van der Waals surface area contributed by atoms with Crippen molar-refractivity contribution < 1.29 is 9.53 Å². The molecule has 23 heavy (non-hydrogen) atoms. The number of carbonyl (C=O) groups excluding carboxylic acids is 1. The van der Waals surface area contributed by atoms with Gasteiger partial charge in [0, 0.05) is 18.4 Å². The van der Waals surface area contributed by atoms with E-state index in [-0.39, 0.29) is 5.91 Å². The van der Waals surface area contributed by atoms with E-state index in [9.17, 15) is 4.79 Å². The molecule has 4 nitrogen and oxygen atoms in total. The third-order valence-corrected chi connectivity index (χ3v) is 3.60. The number of carbonyl (C=O) groups is 1. The van der Waals surface area contributed by atoms with E-state index in [1.807, 2.05) is 77.9 Å². The summed E-state index contributed by atoms with van der Waals surface area (Å²) in [6.07, 6.45) is 7.90. The lowest BCUT2D eigenvalue weighted by molar-refractivity contribution is 0.102. The number of amides is 1. The zero-order chi connectivity index (χ0) is 16.1. The predicted octanol–water partition coefficient (Wildman–Crippen LogP) is 3.84. The number of methoxy groups -OCH3 is 1. The maximum atomic E-state index is 12.7. The summed E-state index contributed by atoms with van der Waals surface area (Å²) in [5, 5.41) is 2.93. The summed E-state index contributed by atoms with van der Waals surface area (Å²) in [5.41, 5.74) is 2.11. The Kier molecular flexibility index (Phi) is 4.43. The number of rotatable bonds is 4. The summed E-state index contributed by atoms with van der Waals surface area (Å²) >= 11 is 0. The normalized spacial score (nSPS) is 13.0. The molecule has 0 saturated carbocycles. The lowest BCUT2D eigenvalue weighted by atomic mass is 10.1. The van der Waals surface area contributed by atoms with Crippen molar-refractivity contribution in [2.75, 3.05) is 23.9 Å². The van der Waals surface area contributed by atoms with Crippen molar-refractivity contribution in [3.8, 4) is 5.75 Å². The molecule has 0 aliphatic carbocycles. The van der Waals surface area contributed by atoms with Gasteiger partial charge in [-0.05, 0) is 30.3 Å². The summed E-state index contributed by atoms with van der Waals surface area (Å²) in [7, 11) is 1.61. The zero-order valence-corrected chi connectivity index (χ0v) is 12.9. The molecule has 1 N–H and O–H groups in total. The van der Waals surface area contributed by atoms with Gasteiger partial charge in [0.15, 0.2) is 0 Å². The van der Waals surface area contributed by atoms with Gasteiger partial charge in [0.1, 0.15) is 5.75 Å². The molecule has 4 heteroatoms. The maximum Gasteiger partial charge on any atom is 0.257 e. The molecule has 0 saturated heterocycles. The lowest BCUT2D eigenvalue weighted by Gasteiger charge is -2.25. The molecule has 0 radical (unpaired) electrons. The molecule has 0 aromatic heterocycles. The average Bonchev–Trinajstić information content (AvgIpc) is 2.62. The molecule has 1 amide bonds. The number of anilines is 2. The van der Waals surface area contributed by atoms with E-state index in [1.54, 1.807) is 7.11 Å². The van der Waals surface area contributed by atoms with Crippen molar-refractivity contribution >= 4 is 17.3 Å². The van der Waals surface area contributed by atoms with Gasteiger partial charge in [0.25, 0.3) is 5.91 Å². The maximum absolute atomic E-state index is 12.7. The molecular formula is C19H18N2O2. The number of ether oxygens (including phenoxy) is 1. The first-order valence-electron chi connectivity index (χ1n) is 7.43. The fourth-order valence-electron chi connectivity index (χ4n) is 2.52. The van der Waals surface area contributed by atoms with Gasteiger partial charge in [-0.2, -0.15) is 0 Å². The van der Waals surface area contributed by atoms with E-state index in [2.05, 4.69) is 5.32 Å². The number of allylic oxidation sites excluding steroid dienone is 2. The van der Waals surface area contributed by atoms with Crippen molar-refractivity contribution in [3.05, 3.63) is 78.5 Å². The Bertz CT molecular complexity index is 751. The Morgan fingerprint density at radius 3 is 2.61 bits per heavy atom. The summed E-state index contributed by atoms with van der Waals surface area (Å²) in [5.74, 6) is 0.513. The number of benzene rings is 2. The van der Waals surface area contributed by atoms with Gasteiger partial charge in [-0.15, -0.1) is 0 Å². The minimum absolute atomic E-state index is 0.159. The van der Waals surface area contributed by atoms with Gasteiger partial charge < -0.3 is 15.0 Å². The molecular weight excluding hydrogens is 288 g/mol. The minimum atomic E-state index is -0.159. The minimum Gasteiger partial charge on any atom is -0.495 e. The van der Waals surface area contributed by atoms with Crippen LogP contribution in [-0.4, -0.2) is 19.6 Å². The number of hydrogen-bond acceptors (Lipinski definition) is 3. The Balaban J connectivity index is 1.96. The molecule has 1 aliphatic heterocycles. The van der Waals surface area contributed by atoms with Crippen LogP contribution in [-0.2, 0) is 0 Å². The van der Waals surface area contributed by atoms with Crippen LogP contribution in [0.5, 0.6) is 5.75 Å². The zero-order valence-electron chi connectivity index (χ0n) is 12.9. The van der Waals surface area contributed by atoms with Crippen molar-refractivity contribution in [2.45, 2.75) is 0 Å². The van der Waals surface area contributed by atoms with Crippen LogP contribution in [0.1, 0.15) is 10.4 Å². The van der Waals surface area contributed by atoms with E-state index in [0.29, 0.717) is 17.9 Å². The molecule has 1 heterocycles. The Hall–Kier alpha value is -3.01. The molecule has 0 unspecified atom stereocenters. The highest BCUT2D eigenvalue weighted by Gasteiger charge is 2.20. The molecule has 1 aliphatic rings. The second kappa shape index (κ2) is 6.83. The fraction of sp³-hybridized carbons (Fsp3) is 0.105. The molecule has 0 spiro atoms. The SMILES string of the molecule is COc1cccc(C(=O)Nc2ccccc2)c1N1C=CC=CC1. The predicted molar refractivity (Wildman–Crippen MR) is 93.0 cm³/mol. The third kappa shape index (κ3) is 3.26. The Morgan fingerprint density at radius 2 is 1.91 bits per heavy atom. The van der Waals surface area contributed by atoms with Crippen LogP contribution >= 0.6 is 0 Å². The van der Waals surface area contributed by atoms with Gasteiger partial charge in [-0.25, -0.2) is 0 Å². The summed E-state index contributed by atoms with van der Waals surface area (Å²) in [6.45, 7) is 0.697. The quantitative estimate of drug-likeness (QED) is 0.933. The van der Waals surface area contributed by atoms with Crippen LogP contribution in [0.15, 0.2) is 73.0 Å². The standard InChI is InChI=1S/C19H18N2O2/c1-23-17-12-8-11-16(18(17)21-13-6-3-7-14-21)19(22)20-15-9-4-2-5-10-15/h2-13H,14H2,1H3,(H,20,22). The number of nitrogens with zero attached hydrogens (tertiary/aromatic N) is 1. The first-order valence-corrected chi connectivity index (χ1v) is 7.43. The second-order valence-corrected chi connectivity index (χ2v) is 5.10. The van der Waals surface area contributed by atoms with Crippen LogP contribution in [0.4, 0.5) is 11.4 Å². The number of nitrogens with one attached hydrogen (secondary N) is 1. The highest BCUT2D eigenvalue weighted by Crippen LogP contribution is 2.33. The van der Waals surface area contributed by atoms with Crippen LogP contribution in [0.25, 0.3) is 0 Å². The summed E-state index contributed by atoms with van der Waals surface area (Å²) in [4.78, 5) is 14.7. The monoisotopic (exact) mass is 306 g/mol. The largest absolute Gasteiger partial charge is 0.495 e. The fourth-order valence-corrected chi connectivity index (χ4v) is 2.52. The summed E-state index contributed by atoms with van der Waals surface area (Å²) in [6, 6.07) is 14.9. The van der Waals surface area contributed by atoms with Crippen molar-refractivity contribution in [1.29, 1.82) is 0 Å². The number of para-hydroxylation sites is 2. The molecule has 2 aromatic carbocycles. The second-order valence-electron chi connectivity index (χ2n) is 5.10. The summed E-state index contributed by atoms with van der Waals surface area (Å²) < 4.78 is 5.46. The van der Waals surface area contributed by atoms with Gasteiger partial charge in [-0.1, -0.05) is 36.4 Å². The number of hydrogen-bond donors (Lipinski definition) is 1. The van der Waals surface area contributed by atoms with E-state index in [1.165, 1.54) is 0 Å². The lowest BCUT2D eigenvalue weighted by Crippen LogP contribution is -2.23. The highest BCUT2D eigenvalue weighted by molar-refractivity contribution is 6.09. The highest BCUT2D eigenvalue weighted by atomic mass is 16.5. The Labute approximate surface area is 135 Å². The Morgan fingerprint density at radius 1 is 1.09 bits per heavy atom. The molecule has 0 fully saturated rings. The van der Waals surface area contributed by atoms with Gasteiger partial charge >= 0.3 is 0 Å². The van der Waals surface area contributed by atoms with E-state index >= 15 is 0 Å². The van der Waals surface area contributed by atoms with E-state index < -0.39 is 0 Å². The topological polar surface area (TPSA) is 41.6 Å². The van der Waals surface area contributed by atoms with Crippen LogP contribution < -0.4 is 15.0 Å². The molecule has 3 rings (SSSR count). The van der Waals surface area contributed by atoms with Gasteiger partial charge in [0.2, 0.25) is 0 Å². The average molecular weight is 306 g/mol. The van der Waals surface area contributed by atoms with Crippen LogP contribution in [0.3, 0.4) is 0 Å². The van der Waals surface area contributed by atoms with Gasteiger partial charge in [0.05, 0.1) is 18.4 Å². The molecule has 2 aromatic rings. The molecule has 116 valence electrons. The molecule has 0 bridgehead atoms. The van der Waals surface area contributed by atoms with E-state index in [4.69, 9.17) is 4.74 Å². The van der Waals surface area contributed by atoms with E-state index in [0.717, 1.165) is 11.4 Å². The third-order valence-electron chi connectivity index (χ3n) is 3.60. The van der Waals surface area contributed by atoms with Crippen LogP contribution in [0.2, 0.25) is 0 Å². The van der Waals surface area contributed by atoms with Crippen LogP contribution in [0, 0.1) is 0 Å². The van der Waals surface area contributed by atoms with Gasteiger partial charge in [-0.3, -0.25) is 4.79 Å². The molecule has 0 atom stereocenters. The first-order chi connectivity index (χ1) is 11.3. The van der Waals surface area contributed by atoms with Crippen molar-refractivity contribution in [3.63, 3.8) is 0 Å². The first kappa shape index (κ1) is 14.9. The smallest absolute Gasteiger partial charge is 0.257 e. The van der Waals surface area contributed by atoms with Crippen molar-refractivity contribution in [1.82, 2.24) is 0 Å².